The Kier molecular flexibility index (Phi) is 5.20. The van der Waals surface area contributed by atoms with Crippen LogP contribution in [0, 0.1) is 12.3 Å². The second-order valence-electron chi connectivity index (χ2n) is 3.86. The number of hydrogen-bond acceptors (Lipinski definition) is 3. The van der Waals surface area contributed by atoms with Gasteiger partial charge < -0.3 is 10.5 Å². The Balaban J connectivity index is 2.33. The largest absolute Gasteiger partial charge is 0.478 e. The summed E-state index contributed by atoms with van der Waals surface area (Å²) in [6.07, 6.45) is 1.48. The predicted octanol–water partition coefficient (Wildman–Crippen LogP) is 2.10. The van der Waals surface area contributed by atoms with Crippen molar-refractivity contribution in [2.24, 2.45) is 10.7 Å². The quantitative estimate of drug-likeness (QED) is 0.464. The number of nitrogens with one attached hydrogen (secondary N) is 1. The predicted molar refractivity (Wildman–Crippen MR) is 70.7 cm³/mol. The first-order valence-corrected chi connectivity index (χ1v) is 5.63. The van der Waals surface area contributed by atoms with Crippen LogP contribution in [0.2, 0.25) is 0 Å². The standard InChI is InChI=1S/C13H19N3O/c1-10-5-7-11(8-6-10)13(15)17-9-3-4-12(14)16-2/h5-8,15H,3-4,9H2,1-2H3,(H2,14,16). The zero-order chi connectivity index (χ0) is 12.7. The zero-order valence-electron chi connectivity index (χ0n) is 10.4. The Hall–Kier alpha value is -1.84. The molecule has 0 aliphatic rings. The van der Waals surface area contributed by atoms with Gasteiger partial charge in [0.15, 0.2) is 0 Å². The molecular weight excluding hydrogens is 214 g/mol. The van der Waals surface area contributed by atoms with E-state index in [1.165, 1.54) is 5.56 Å². The smallest absolute Gasteiger partial charge is 0.213 e. The Bertz CT molecular complexity index is 396. The van der Waals surface area contributed by atoms with Crippen LogP contribution in [-0.2, 0) is 4.74 Å². The van der Waals surface area contributed by atoms with Crippen LogP contribution in [-0.4, -0.2) is 25.4 Å². The summed E-state index contributed by atoms with van der Waals surface area (Å²) in [6.45, 7) is 2.50. The molecule has 0 fully saturated rings. The number of aryl methyl sites for hydroxylation is 1. The highest BCUT2D eigenvalue weighted by atomic mass is 16.5. The molecule has 0 aliphatic heterocycles. The molecule has 0 spiro atoms. The van der Waals surface area contributed by atoms with Crippen molar-refractivity contribution in [2.75, 3.05) is 13.7 Å². The molecular formula is C13H19N3O. The molecule has 0 aromatic heterocycles. The molecule has 0 aliphatic carbocycles. The monoisotopic (exact) mass is 233 g/mol. The molecule has 0 amide bonds. The third kappa shape index (κ3) is 4.68. The lowest BCUT2D eigenvalue weighted by molar-refractivity contribution is 0.299. The molecule has 17 heavy (non-hydrogen) atoms. The Labute approximate surface area is 102 Å². The topological polar surface area (TPSA) is 71.5 Å². The molecule has 4 heteroatoms. The summed E-state index contributed by atoms with van der Waals surface area (Å²) < 4.78 is 5.34. The molecule has 4 nitrogen and oxygen atoms in total. The number of aliphatic imine (C=N–C) groups is 1. The zero-order valence-corrected chi connectivity index (χ0v) is 10.4. The van der Waals surface area contributed by atoms with E-state index in [-0.39, 0.29) is 5.90 Å². The number of amidine groups is 1. The average Bonchev–Trinajstić information content (AvgIpc) is 2.34. The van der Waals surface area contributed by atoms with Crippen molar-refractivity contribution >= 4 is 11.7 Å². The van der Waals surface area contributed by atoms with Gasteiger partial charge in [0.1, 0.15) is 0 Å². The summed E-state index contributed by atoms with van der Waals surface area (Å²) in [5.74, 6) is 0.826. The summed E-state index contributed by atoms with van der Waals surface area (Å²) in [5, 5.41) is 7.75. The van der Waals surface area contributed by atoms with Crippen LogP contribution in [0.4, 0.5) is 0 Å². The van der Waals surface area contributed by atoms with Gasteiger partial charge in [-0.2, -0.15) is 0 Å². The van der Waals surface area contributed by atoms with Gasteiger partial charge in [-0.25, -0.2) is 0 Å². The van der Waals surface area contributed by atoms with Gasteiger partial charge in [-0.15, -0.1) is 0 Å². The van der Waals surface area contributed by atoms with Gasteiger partial charge in [0, 0.05) is 19.0 Å². The normalized spacial score (nSPS) is 11.3. The van der Waals surface area contributed by atoms with E-state index < -0.39 is 0 Å². The lowest BCUT2D eigenvalue weighted by Crippen LogP contribution is -2.13. The van der Waals surface area contributed by atoms with E-state index in [1.54, 1.807) is 7.05 Å². The van der Waals surface area contributed by atoms with E-state index in [4.69, 9.17) is 15.9 Å². The van der Waals surface area contributed by atoms with E-state index in [0.717, 1.165) is 12.0 Å². The number of hydrogen-bond donors (Lipinski definition) is 2. The highest BCUT2D eigenvalue weighted by Crippen LogP contribution is 2.05. The maximum absolute atomic E-state index is 7.75. The van der Waals surface area contributed by atoms with Crippen LogP contribution in [0.25, 0.3) is 0 Å². The van der Waals surface area contributed by atoms with Gasteiger partial charge in [-0.3, -0.25) is 10.4 Å². The maximum Gasteiger partial charge on any atom is 0.213 e. The lowest BCUT2D eigenvalue weighted by Gasteiger charge is -2.07. The number of nitrogens with two attached hydrogens (primary N) is 1. The minimum atomic E-state index is 0.206. The summed E-state index contributed by atoms with van der Waals surface area (Å²) in [6, 6.07) is 7.71. The van der Waals surface area contributed by atoms with Crippen molar-refractivity contribution in [3.05, 3.63) is 35.4 Å². The lowest BCUT2D eigenvalue weighted by atomic mass is 10.1. The van der Waals surface area contributed by atoms with Crippen molar-refractivity contribution in [3.8, 4) is 0 Å². The van der Waals surface area contributed by atoms with Crippen LogP contribution in [0.1, 0.15) is 24.0 Å². The fourth-order valence-corrected chi connectivity index (χ4v) is 1.33. The molecule has 0 radical (unpaired) electrons. The molecule has 0 atom stereocenters. The third-order valence-electron chi connectivity index (χ3n) is 2.42. The summed E-state index contributed by atoms with van der Waals surface area (Å²) in [7, 11) is 1.67. The molecule has 0 saturated carbocycles. The number of rotatable bonds is 5. The van der Waals surface area contributed by atoms with Crippen LogP contribution < -0.4 is 5.73 Å². The van der Waals surface area contributed by atoms with Crippen LogP contribution in [0.15, 0.2) is 29.3 Å². The Morgan fingerprint density at radius 3 is 2.59 bits per heavy atom. The van der Waals surface area contributed by atoms with Crippen LogP contribution in [0.5, 0.6) is 0 Å². The number of nitrogens with zero attached hydrogens (tertiary/aromatic N) is 1. The van der Waals surface area contributed by atoms with E-state index in [2.05, 4.69) is 4.99 Å². The fourth-order valence-electron chi connectivity index (χ4n) is 1.33. The van der Waals surface area contributed by atoms with Gasteiger partial charge >= 0.3 is 0 Å². The molecule has 3 N–H and O–H groups in total. The van der Waals surface area contributed by atoms with E-state index in [9.17, 15) is 0 Å². The number of benzene rings is 1. The van der Waals surface area contributed by atoms with Crippen molar-refractivity contribution in [1.82, 2.24) is 0 Å². The molecule has 0 heterocycles. The summed E-state index contributed by atoms with van der Waals surface area (Å²) in [4.78, 5) is 3.86. The summed E-state index contributed by atoms with van der Waals surface area (Å²) >= 11 is 0. The second kappa shape index (κ2) is 6.68. The second-order valence-corrected chi connectivity index (χ2v) is 3.86. The van der Waals surface area contributed by atoms with Crippen LogP contribution >= 0.6 is 0 Å². The molecule has 1 aromatic carbocycles. The maximum atomic E-state index is 7.75. The van der Waals surface area contributed by atoms with E-state index in [1.807, 2.05) is 31.2 Å². The average molecular weight is 233 g/mol. The SMILES string of the molecule is CN=C(N)CCCOC(=N)c1ccc(C)cc1. The first-order chi connectivity index (χ1) is 8.13. The van der Waals surface area contributed by atoms with Gasteiger partial charge in [0.05, 0.1) is 12.4 Å². The van der Waals surface area contributed by atoms with Crippen molar-refractivity contribution in [3.63, 3.8) is 0 Å². The molecule has 0 unspecified atom stereocenters. The third-order valence-corrected chi connectivity index (χ3v) is 2.42. The summed E-state index contributed by atoms with van der Waals surface area (Å²) in [5.41, 5.74) is 7.53. The fraction of sp³-hybridized carbons (Fsp3) is 0.385. The van der Waals surface area contributed by atoms with Crippen molar-refractivity contribution < 1.29 is 4.74 Å². The molecule has 92 valence electrons. The van der Waals surface area contributed by atoms with Gasteiger partial charge in [-0.1, -0.05) is 17.7 Å². The minimum Gasteiger partial charge on any atom is -0.478 e. The number of ether oxygens (including phenoxy) is 1. The molecule has 1 rings (SSSR count). The molecule has 0 bridgehead atoms. The highest BCUT2D eigenvalue weighted by Gasteiger charge is 2.02. The first-order valence-electron chi connectivity index (χ1n) is 5.63. The van der Waals surface area contributed by atoms with Gasteiger partial charge in [0.25, 0.3) is 0 Å². The van der Waals surface area contributed by atoms with Gasteiger partial charge in [-0.05, 0) is 25.5 Å². The molecule has 0 saturated heterocycles. The first kappa shape index (κ1) is 13.2. The van der Waals surface area contributed by atoms with E-state index >= 15 is 0 Å². The van der Waals surface area contributed by atoms with Gasteiger partial charge in [0.2, 0.25) is 5.90 Å². The molecule has 1 aromatic rings. The van der Waals surface area contributed by atoms with E-state index in [0.29, 0.717) is 18.9 Å². The Morgan fingerprint density at radius 1 is 1.35 bits per heavy atom. The Morgan fingerprint density at radius 2 is 2.00 bits per heavy atom. The van der Waals surface area contributed by atoms with Crippen molar-refractivity contribution in [1.29, 1.82) is 5.41 Å². The van der Waals surface area contributed by atoms with Crippen LogP contribution in [0.3, 0.4) is 0 Å². The minimum absolute atomic E-state index is 0.206. The van der Waals surface area contributed by atoms with Crippen molar-refractivity contribution in [2.45, 2.75) is 19.8 Å². The highest BCUT2D eigenvalue weighted by molar-refractivity contribution is 5.91.